The Hall–Kier alpha value is -2.10. The maximum Gasteiger partial charge on any atom is 0.416 e. The molecular formula is C22H25ClF3N3O2S. The Morgan fingerprint density at radius 3 is 2.47 bits per heavy atom. The molecule has 0 spiro atoms. The summed E-state index contributed by atoms with van der Waals surface area (Å²) in [6.45, 7) is 4.13. The molecule has 5 nitrogen and oxygen atoms in total. The van der Waals surface area contributed by atoms with Gasteiger partial charge in [-0.05, 0) is 43.3 Å². The lowest BCUT2D eigenvalue weighted by Crippen LogP contribution is -2.47. The van der Waals surface area contributed by atoms with Gasteiger partial charge in [0.05, 0.1) is 14.8 Å². The lowest BCUT2D eigenvalue weighted by molar-refractivity contribution is -0.137. The maximum atomic E-state index is 12.9. The number of carbonyl (C=O) groups excluding carboxylic acids is 2. The first-order chi connectivity index (χ1) is 15.2. The van der Waals surface area contributed by atoms with Gasteiger partial charge >= 0.3 is 6.18 Å². The van der Waals surface area contributed by atoms with E-state index in [1.807, 2.05) is 4.90 Å². The van der Waals surface area contributed by atoms with Crippen LogP contribution in [0.3, 0.4) is 0 Å². The van der Waals surface area contributed by atoms with E-state index in [0.717, 1.165) is 32.1 Å². The van der Waals surface area contributed by atoms with E-state index in [0.29, 0.717) is 34.5 Å². The molecule has 0 saturated carbocycles. The van der Waals surface area contributed by atoms with Crippen molar-refractivity contribution in [3.05, 3.63) is 51.2 Å². The molecular weight excluding hydrogens is 463 g/mol. The highest BCUT2D eigenvalue weighted by Gasteiger charge is 2.31. The van der Waals surface area contributed by atoms with Gasteiger partial charge in [0, 0.05) is 51.3 Å². The number of nitrogens with one attached hydrogen (secondary N) is 1. The predicted molar refractivity (Wildman–Crippen MR) is 121 cm³/mol. The van der Waals surface area contributed by atoms with Crippen LogP contribution in [-0.4, -0.2) is 55.9 Å². The number of carbonyl (C=O) groups is 2. The molecule has 1 saturated heterocycles. The summed E-state index contributed by atoms with van der Waals surface area (Å²) in [5.74, 6) is -0.244. The van der Waals surface area contributed by atoms with Gasteiger partial charge in [0.1, 0.15) is 0 Å². The second-order valence-electron chi connectivity index (χ2n) is 7.61. The molecule has 0 atom stereocenters. The van der Waals surface area contributed by atoms with Crippen LogP contribution in [0.1, 0.15) is 34.5 Å². The summed E-state index contributed by atoms with van der Waals surface area (Å²) >= 11 is 7.03. The number of Topliss-reactive ketones (excluding diaryl/α,β-unsaturated/α-hetero) is 1. The fraction of sp³-hybridized carbons (Fsp3) is 0.455. The smallest absolute Gasteiger partial charge is 0.369 e. The molecule has 1 aromatic carbocycles. The van der Waals surface area contributed by atoms with Crippen LogP contribution in [0.5, 0.6) is 0 Å². The van der Waals surface area contributed by atoms with E-state index in [2.05, 4.69) is 10.2 Å². The molecule has 174 valence electrons. The topological polar surface area (TPSA) is 52.7 Å². The van der Waals surface area contributed by atoms with Crippen molar-refractivity contribution in [1.82, 2.24) is 10.2 Å². The molecule has 0 unspecified atom stereocenters. The molecule has 0 radical (unpaired) electrons. The van der Waals surface area contributed by atoms with Crippen molar-refractivity contribution in [1.29, 1.82) is 0 Å². The lowest BCUT2D eigenvalue weighted by atomic mass is 10.1. The Kier molecular flexibility index (Phi) is 8.56. The Balaban J connectivity index is 1.31. The molecule has 10 heteroatoms. The third-order valence-corrected chi connectivity index (χ3v) is 6.58. The first kappa shape index (κ1) is 24.5. The zero-order valence-corrected chi connectivity index (χ0v) is 19.0. The summed E-state index contributed by atoms with van der Waals surface area (Å²) in [5.41, 5.74) is -0.0415. The highest BCUT2D eigenvalue weighted by molar-refractivity contribution is 7.18. The SMILES string of the molecule is O=C(CCC(=O)c1ccc(Cl)s1)NCCCN1CCN(c2cccc(C(F)(F)F)c2)CC1. The summed E-state index contributed by atoms with van der Waals surface area (Å²) in [5, 5.41) is 2.83. The van der Waals surface area contributed by atoms with Crippen molar-refractivity contribution in [3.8, 4) is 0 Å². The third-order valence-electron chi connectivity index (χ3n) is 5.31. The number of amides is 1. The normalized spacial score (nSPS) is 15.1. The van der Waals surface area contributed by atoms with Gasteiger partial charge in [0.15, 0.2) is 5.78 Å². The molecule has 1 N–H and O–H groups in total. The molecule has 32 heavy (non-hydrogen) atoms. The molecule has 1 aliphatic rings. The standard InChI is InChI=1S/C22H25ClF3N3O2S/c23-20-7-6-19(32-20)18(30)5-8-21(31)27-9-2-10-28-11-13-29(14-12-28)17-4-1-3-16(15-17)22(24,25)26/h1,3-4,6-7,15H,2,5,8-14H2,(H,27,31). The van der Waals surface area contributed by atoms with E-state index in [1.54, 1.807) is 18.2 Å². The molecule has 1 aliphatic heterocycles. The number of hydrogen-bond acceptors (Lipinski definition) is 5. The zero-order chi connectivity index (χ0) is 23.1. The largest absolute Gasteiger partial charge is 0.416 e. The Bertz CT molecular complexity index is 927. The monoisotopic (exact) mass is 487 g/mol. The van der Waals surface area contributed by atoms with E-state index >= 15 is 0 Å². The van der Waals surface area contributed by atoms with Gasteiger partial charge in [-0.25, -0.2) is 0 Å². The summed E-state index contributed by atoms with van der Waals surface area (Å²) in [6.07, 6.45) is -3.28. The Morgan fingerprint density at radius 1 is 1.06 bits per heavy atom. The number of rotatable bonds is 9. The second kappa shape index (κ2) is 11.2. The number of halogens is 4. The van der Waals surface area contributed by atoms with Crippen molar-refractivity contribution < 1.29 is 22.8 Å². The molecule has 0 aliphatic carbocycles. The van der Waals surface area contributed by atoms with Crippen molar-refractivity contribution in [2.24, 2.45) is 0 Å². The van der Waals surface area contributed by atoms with E-state index in [4.69, 9.17) is 11.6 Å². The Labute approximate surface area is 194 Å². The first-order valence-electron chi connectivity index (χ1n) is 10.4. The lowest BCUT2D eigenvalue weighted by Gasteiger charge is -2.36. The van der Waals surface area contributed by atoms with Crippen LogP contribution in [0.4, 0.5) is 18.9 Å². The predicted octanol–water partition coefficient (Wildman–Crippen LogP) is 4.71. The molecule has 1 fully saturated rings. The van der Waals surface area contributed by atoms with Gasteiger partial charge in [-0.2, -0.15) is 13.2 Å². The minimum absolute atomic E-state index is 0.0873. The number of ketones is 1. The first-order valence-corrected chi connectivity index (χ1v) is 11.6. The van der Waals surface area contributed by atoms with Gasteiger partial charge in [0.25, 0.3) is 0 Å². The number of thiophene rings is 1. The van der Waals surface area contributed by atoms with Crippen LogP contribution in [0.2, 0.25) is 4.34 Å². The van der Waals surface area contributed by atoms with Crippen molar-refractivity contribution in [2.45, 2.75) is 25.4 Å². The number of alkyl halides is 3. The summed E-state index contributed by atoms with van der Waals surface area (Å²) in [7, 11) is 0. The third kappa shape index (κ3) is 7.21. The van der Waals surface area contributed by atoms with Gasteiger partial charge in [-0.15, -0.1) is 11.3 Å². The molecule has 2 heterocycles. The highest BCUT2D eigenvalue weighted by Crippen LogP contribution is 2.31. The number of benzene rings is 1. The molecule has 1 amide bonds. The maximum absolute atomic E-state index is 12.9. The molecule has 3 rings (SSSR count). The van der Waals surface area contributed by atoms with E-state index in [1.165, 1.54) is 23.5 Å². The minimum atomic E-state index is -4.34. The number of piperazine rings is 1. The quantitative estimate of drug-likeness (QED) is 0.411. The van der Waals surface area contributed by atoms with Crippen LogP contribution in [0.15, 0.2) is 36.4 Å². The number of nitrogens with zero attached hydrogens (tertiary/aromatic N) is 2. The minimum Gasteiger partial charge on any atom is -0.369 e. The fourth-order valence-electron chi connectivity index (χ4n) is 3.54. The summed E-state index contributed by atoms with van der Waals surface area (Å²) in [4.78, 5) is 28.7. The summed E-state index contributed by atoms with van der Waals surface area (Å²) in [6, 6.07) is 8.76. The average Bonchev–Trinajstić information content (AvgIpc) is 3.21. The average molecular weight is 488 g/mol. The van der Waals surface area contributed by atoms with Gasteiger partial charge in [0.2, 0.25) is 5.91 Å². The van der Waals surface area contributed by atoms with Crippen LogP contribution in [0, 0.1) is 0 Å². The molecule has 0 bridgehead atoms. The van der Waals surface area contributed by atoms with Crippen LogP contribution in [0.25, 0.3) is 0 Å². The van der Waals surface area contributed by atoms with Crippen LogP contribution < -0.4 is 10.2 Å². The molecule has 1 aromatic heterocycles. The second-order valence-corrected chi connectivity index (χ2v) is 9.32. The molecule has 2 aromatic rings. The summed E-state index contributed by atoms with van der Waals surface area (Å²) < 4.78 is 39.3. The number of anilines is 1. The van der Waals surface area contributed by atoms with Gasteiger partial charge in [-0.3, -0.25) is 14.5 Å². The zero-order valence-electron chi connectivity index (χ0n) is 17.5. The van der Waals surface area contributed by atoms with E-state index in [9.17, 15) is 22.8 Å². The van der Waals surface area contributed by atoms with Crippen molar-refractivity contribution in [3.63, 3.8) is 0 Å². The highest BCUT2D eigenvalue weighted by atomic mass is 35.5. The van der Waals surface area contributed by atoms with Crippen LogP contribution in [-0.2, 0) is 11.0 Å². The van der Waals surface area contributed by atoms with Gasteiger partial charge in [-0.1, -0.05) is 17.7 Å². The fourth-order valence-corrected chi connectivity index (χ4v) is 4.55. The van der Waals surface area contributed by atoms with E-state index < -0.39 is 11.7 Å². The van der Waals surface area contributed by atoms with Gasteiger partial charge < -0.3 is 10.2 Å². The van der Waals surface area contributed by atoms with Crippen LogP contribution >= 0.6 is 22.9 Å². The number of hydrogen-bond donors (Lipinski definition) is 1. The Morgan fingerprint density at radius 2 is 1.81 bits per heavy atom. The van der Waals surface area contributed by atoms with E-state index in [-0.39, 0.29) is 24.5 Å². The van der Waals surface area contributed by atoms with Crippen molar-refractivity contribution in [2.75, 3.05) is 44.2 Å². The van der Waals surface area contributed by atoms with Crippen molar-refractivity contribution >= 4 is 40.3 Å².